The summed E-state index contributed by atoms with van der Waals surface area (Å²) in [6.07, 6.45) is 1.42. The summed E-state index contributed by atoms with van der Waals surface area (Å²) in [5.41, 5.74) is 0.892. The normalized spacial score (nSPS) is 11.1. The maximum Gasteiger partial charge on any atom is 0.303 e. The molecule has 1 rings (SSSR count). The monoisotopic (exact) mass is 258 g/mol. The summed E-state index contributed by atoms with van der Waals surface area (Å²) in [6, 6.07) is 3.36. The number of nitrogens with zero attached hydrogens (tertiary/aromatic N) is 1. The van der Waals surface area contributed by atoms with Crippen molar-refractivity contribution in [1.82, 2.24) is 4.98 Å². The highest BCUT2D eigenvalue weighted by Crippen LogP contribution is 2.08. The molecule has 0 aliphatic rings. The number of carboxylic acids is 1. The van der Waals surface area contributed by atoms with Crippen molar-refractivity contribution in [2.45, 2.75) is 19.8 Å². The standard InChI is InChI=1S/C10H14N2O4S/c1-8-4-5-11-9(7-8)12-17(15,16)6-2-3-10(13)14/h4-5,7H,2-3,6H2,1H3,(H,11,12)(H,13,14). The average molecular weight is 258 g/mol. The molecule has 1 aromatic rings. The maximum atomic E-state index is 11.5. The quantitative estimate of drug-likeness (QED) is 0.793. The smallest absolute Gasteiger partial charge is 0.303 e. The van der Waals surface area contributed by atoms with Crippen LogP contribution in [0.2, 0.25) is 0 Å². The van der Waals surface area contributed by atoms with Crippen LogP contribution in [0.3, 0.4) is 0 Å². The fraction of sp³-hybridized carbons (Fsp3) is 0.400. The van der Waals surface area contributed by atoms with Gasteiger partial charge in [-0.2, -0.15) is 0 Å². The highest BCUT2D eigenvalue weighted by molar-refractivity contribution is 7.92. The van der Waals surface area contributed by atoms with Gasteiger partial charge in [0.1, 0.15) is 5.82 Å². The first-order valence-electron chi connectivity index (χ1n) is 5.04. The second-order valence-corrected chi connectivity index (χ2v) is 5.48. The Morgan fingerprint density at radius 3 is 2.82 bits per heavy atom. The summed E-state index contributed by atoms with van der Waals surface area (Å²) >= 11 is 0. The highest BCUT2D eigenvalue weighted by Gasteiger charge is 2.11. The van der Waals surface area contributed by atoms with Crippen LogP contribution in [-0.4, -0.2) is 30.2 Å². The minimum Gasteiger partial charge on any atom is -0.481 e. The van der Waals surface area contributed by atoms with Crippen molar-refractivity contribution in [3.8, 4) is 0 Å². The third-order valence-electron chi connectivity index (χ3n) is 1.98. The van der Waals surface area contributed by atoms with Gasteiger partial charge in [-0.15, -0.1) is 0 Å². The number of nitrogens with one attached hydrogen (secondary N) is 1. The number of aliphatic carboxylic acids is 1. The summed E-state index contributed by atoms with van der Waals surface area (Å²) in [7, 11) is -3.52. The molecule has 6 nitrogen and oxygen atoms in total. The Balaban J connectivity index is 2.57. The molecule has 0 bridgehead atoms. The Bertz CT molecular complexity index is 499. The van der Waals surface area contributed by atoms with Gasteiger partial charge in [0.15, 0.2) is 0 Å². The van der Waals surface area contributed by atoms with E-state index in [-0.39, 0.29) is 24.4 Å². The zero-order valence-corrected chi connectivity index (χ0v) is 10.2. The molecule has 0 aliphatic carbocycles. The minimum absolute atomic E-state index is 0.0798. The summed E-state index contributed by atoms with van der Waals surface area (Å²) < 4.78 is 25.4. The summed E-state index contributed by atoms with van der Waals surface area (Å²) in [5, 5.41) is 8.41. The number of rotatable bonds is 6. The van der Waals surface area contributed by atoms with Gasteiger partial charge in [0.2, 0.25) is 10.0 Å². The van der Waals surface area contributed by atoms with Crippen LogP contribution < -0.4 is 4.72 Å². The first-order valence-corrected chi connectivity index (χ1v) is 6.69. The number of carbonyl (C=O) groups is 1. The molecule has 7 heteroatoms. The Morgan fingerprint density at radius 1 is 1.53 bits per heavy atom. The van der Waals surface area contributed by atoms with Gasteiger partial charge in [0.05, 0.1) is 5.75 Å². The van der Waals surface area contributed by atoms with E-state index in [0.29, 0.717) is 0 Å². The maximum absolute atomic E-state index is 11.5. The van der Waals surface area contributed by atoms with Crippen molar-refractivity contribution in [3.63, 3.8) is 0 Å². The Labute approximate surface area is 99.7 Å². The second-order valence-electron chi connectivity index (χ2n) is 3.64. The third-order valence-corrected chi connectivity index (χ3v) is 3.33. The van der Waals surface area contributed by atoms with Gasteiger partial charge in [-0.1, -0.05) is 0 Å². The van der Waals surface area contributed by atoms with Gasteiger partial charge in [0.25, 0.3) is 0 Å². The van der Waals surface area contributed by atoms with Crippen molar-refractivity contribution in [2.24, 2.45) is 0 Å². The Kier molecular flexibility index (Phi) is 4.45. The molecule has 1 heterocycles. The Hall–Kier alpha value is -1.63. The fourth-order valence-electron chi connectivity index (χ4n) is 1.22. The third kappa shape index (κ3) is 5.30. The molecule has 2 N–H and O–H groups in total. The topological polar surface area (TPSA) is 96.4 Å². The van der Waals surface area contributed by atoms with Crippen LogP contribution in [0.4, 0.5) is 5.82 Å². The van der Waals surface area contributed by atoms with E-state index in [9.17, 15) is 13.2 Å². The van der Waals surface area contributed by atoms with Gasteiger partial charge in [-0.25, -0.2) is 13.4 Å². The van der Waals surface area contributed by atoms with E-state index in [1.165, 1.54) is 6.20 Å². The van der Waals surface area contributed by atoms with Gasteiger partial charge >= 0.3 is 5.97 Å². The number of sulfonamides is 1. The van der Waals surface area contributed by atoms with Crippen LogP contribution in [0, 0.1) is 6.92 Å². The first kappa shape index (κ1) is 13.4. The molecule has 0 amide bonds. The molecule has 0 atom stereocenters. The fourth-order valence-corrected chi connectivity index (χ4v) is 2.27. The van der Waals surface area contributed by atoms with E-state index in [1.807, 2.05) is 6.92 Å². The average Bonchev–Trinajstić information content (AvgIpc) is 2.15. The van der Waals surface area contributed by atoms with E-state index in [4.69, 9.17) is 5.11 Å². The van der Waals surface area contributed by atoms with E-state index in [1.54, 1.807) is 12.1 Å². The summed E-state index contributed by atoms with van der Waals surface area (Å²) in [4.78, 5) is 14.1. The predicted octanol–water partition coefficient (Wildman–Crippen LogP) is 0.997. The molecule has 94 valence electrons. The molecular weight excluding hydrogens is 244 g/mol. The lowest BCUT2D eigenvalue weighted by Crippen LogP contribution is -2.18. The largest absolute Gasteiger partial charge is 0.481 e. The number of hydrogen-bond acceptors (Lipinski definition) is 4. The van der Waals surface area contributed by atoms with Crippen molar-refractivity contribution in [3.05, 3.63) is 23.9 Å². The zero-order chi connectivity index (χ0) is 12.9. The number of aromatic nitrogens is 1. The molecule has 17 heavy (non-hydrogen) atoms. The highest BCUT2D eigenvalue weighted by atomic mass is 32.2. The van der Waals surface area contributed by atoms with Crippen LogP contribution in [0.5, 0.6) is 0 Å². The molecule has 0 aromatic carbocycles. The zero-order valence-electron chi connectivity index (χ0n) is 9.38. The molecule has 0 fully saturated rings. The number of carboxylic acid groups (broad SMARTS) is 1. The molecule has 0 unspecified atom stereocenters. The van der Waals surface area contributed by atoms with Crippen LogP contribution >= 0.6 is 0 Å². The second kappa shape index (κ2) is 5.62. The number of pyridine rings is 1. The van der Waals surface area contributed by atoms with Crippen molar-refractivity contribution >= 4 is 21.8 Å². The van der Waals surface area contributed by atoms with Crippen molar-refractivity contribution in [2.75, 3.05) is 10.5 Å². The first-order chi connectivity index (χ1) is 7.89. The molecule has 0 aliphatic heterocycles. The molecule has 0 saturated carbocycles. The van der Waals surface area contributed by atoms with E-state index >= 15 is 0 Å². The van der Waals surface area contributed by atoms with Gasteiger partial charge in [-0.05, 0) is 31.0 Å². The summed E-state index contributed by atoms with van der Waals surface area (Å²) in [5.74, 6) is -0.983. The lowest BCUT2D eigenvalue weighted by Gasteiger charge is -2.06. The Morgan fingerprint density at radius 2 is 2.24 bits per heavy atom. The molecular formula is C10H14N2O4S. The summed E-state index contributed by atoms with van der Waals surface area (Å²) in [6.45, 7) is 1.82. The molecule has 0 radical (unpaired) electrons. The van der Waals surface area contributed by atoms with Crippen LogP contribution in [0.25, 0.3) is 0 Å². The molecule has 0 spiro atoms. The number of anilines is 1. The van der Waals surface area contributed by atoms with E-state index in [2.05, 4.69) is 9.71 Å². The van der Waals surface area contributed by atoms with Crippen LogP contribution in [0.1, 0.15) is 18.4 Å². The van der Waals surface area contributed by atoms with E-state index in [0.717, 1.165) is 5.56 Å². The van der Waals surface area contributed by atoms with Crippen LogP contribution in [-0.2, 0) is 14.8 Å². The predicted molar refractivity (Wildman–Crippen MR) is 63.3 cm³/mol. The van der Waals surface area contributed by atoms with Crippen LogP contribution in [0.15, 0.2) is 18.3 Å². The van der Waals surface area contributed by atoms with Crippen molar-refractivity contribution < 1.29 is 18.3 Å². The minimum atomic E-state index is -3.52. The molecule has 1 aromatic heterocycles. The number of hydrogen-bond donors (Lipinski definition) is 2. The lowest BCUT2D eigenvalue weighted by atomic mass is 10.3. The van der Waals surface area contributed by atoms with E-state index < -0.39 is 16.0 Å². The lowest BCUT2D eigenvalue weighted by molar-refractivity contribution is -0.137. The molecule has 0 saturated heterocycles. The van der Waals surface area contributed by atoms with Gasteiger partial charge in [0, 0.05) is 12.6 Å². The van der Waals surface area contributed by atoms with Gasteiger partial charge < -0.3 is 5.11 Å². The van der Waals surface area contributed by atoms with Crippen molar-refractivity contribution in [1.29, 1.82) is 0 Å². The number of aryl methyl sites for hydroxylation is 1. The van der Waals surface area contributed by atoms with Gasteiger partial charge in [-0.3, -0.25) is 9.52 Å². The SMILES string of the molecule is Cc1ccnc(NS(=O)(=O)CCCC(=O)O)c1.